The fourth-order valence-electron chi connectivity index (χ4n) is 0.949. The van der Waals surface area contributed by atoms with E-state index in [1.165, 1.54) is 11.8 Å². The predicted molar refractivity (Wildman–Crippen MR) is 58.2 cm³/mol. The third-order valence-electron chi connectivity index (χ3n) is 1.59. The molecule has 0 spiro atoms. The molecule has 1 rings (SSSR count). The Hall–Kier alpha value is -0.470. The fraction of sp³-hybridized carbons (Fsp3) is 0.300. The Bertz CT molecular complexity index is 274. The topological polar surface area (TPSA) is 17.1 Å². The summed E-state index contributed by atoms with van der Waals surface area (Å²) in [5, 5.41) is 0.0386. The summed E-state index contributed by atoms with van der Waals surface area (Å²) in [4.78, 5) is 10.7. The van der Waals surface area contributed by atoms with Crippen LogP contribution in [-0.4, -0.2) is 10.9 Å². The Labute approximate surface area is 87.5 Å². The maximum atomic E-state index is 10.7. The van der Waals surface area contributed by atoms with Crippen LogP contribution < -0.4 is 0 Å². The number of alkyl halides is 1. The molecule has 3 heteroatoms. The number of thioether (sulfide) groups is 1. The van der Waals surface area contributed by atoms with Gasteiger partial charge in [0.1, 0.15) is 0 Å². The first kappa shape index (κ1) is 10.6. The molecule has 0 aliphatic heterocycles. The molecule has 0 N–H and O–H groups in total. The van der Waals surface area contributed by atoms with Gasteiger partial charge in [-0.2, -0.15) is 0 Å². The zero-order valence-electron chi connectivity index (χ0n) is 7.37. The lowest BCUT2D eigenvalue weighted by Crippen LogP contribution is -1.95. The second-order valence-corrected chi connectivity index (χ2v) is 4.40. The van der Waals surface area contributed by atoms with E-state index in [9.17, 15) is 4.79 Å². The number of carbonyl (C=O) groups excluding carboxylic acids is 1. The van der Waals surface area contributed by atoms with Crippen LogP contribution in [-0.2, 0) is 4.79 Å². The minimum atomic E-state index is -0.0740. The van der Waals surface area contributed by atoms with Crippen LogP contribution in [0.1, 0.15) is 17.9 Å². The summed E-state index contributed by atoms with van der Waals surface area (Å²) in [5.74, 6) is 0.640. The SMILES string of the molecule is CC(=O)SC[C@@H](Cl)c1ccccc1. The van der Waals surface area contributed by atoms with E-state index < -0.39 is 0 Å². The second-order valence-electron chi connectivity index (χ2n) is 2.68. The highest BCUT2D eigenvalue weighted by Crippen LogP contribution is 2.24. The van der Waals surface area contributed by atoms with Crippen LogP contribution in [0.15, 0.2) is 30.3 Å². The Kier molecular flexibility index (Phi) is 4.33. The molecule has 0 bridgehead atoms. The Morgan fingerprint density at radius 1 is 1.46 bits per heavy atom. The lowest BCUT2D eigenvalue weighted by atomic mass is 10.2. The maximum absolute atomic E-state index is 10.7. The molecule has 0 amide bonds. The predicted octanol–water partition coefficient (Wildman–Crippen LogP) is 3.25. The van der Waals surface area contributed by atoms with Gasteiger partial charge in [0.2, 0.25) is 0 Å². The maximum Gasteiger partial charge on any atom is 0.185 e. The molecule has 0 saturated carbocycles. The molecule has 1 aromatic rings. The fourth-order valence-corrected chi connectivity index (χ4v) is 1.86. The van der Waals surface area contributed by atoms with Crippen LogP contribution >= 0.6 is 23.4 Å². The lowest BCUT2D eigenvalue weighted by Gasteiger charge is -2.07. The molecule has 0 saturated heterocycles. The van der Waals surface area contributed by atoms with Gasteiger partial charge in [0.25, 0.3) is 0 Å². The minimum Gasteiger partial charge on any atom is -0.288 e. The summed E-state index contributed by atoms with van der Waals surface area (Å²) in [6.45, 7) is 1.55. The van der Waals surface area contributed by atoms with Crippen molar-refractivity contribution >= 4 is 28.5 Å². The van der Waals surface area contributed by atoms with E-state index >= 15 is 0 Å². The van der Waals surface area contributed by atoms with Crippen LogP contribution in [0, 0.1) is 0 Å². The Balaban J connectivity index is 2.49. The molecular weight excluding hydrogens is 204 g/mol. The van der Waals surface area contributed by atoms with Crippen molar-refractivity contribution < 1.29 is 4.79 Å². The van der Waals surface area contributed by atoms with Crippen molar-refractivity contribution in [1.29, 1.82) is 0 Å². The number of halogens is 1. The highest BCUT2D eigenvalue weighted by Gasteiger charge is 2.08. The standard InChI is InChI=1S/C10H11ClOS/c1-8(12)13-7-10(11)9-5-3-2-4-6-9/h2-6,10H,7H2,1H3/t10-/m1/s1. The molecule has 1 atom stereocenters. The summed E-state index contributed by atoms with van der Waals surface area (Å²) < 4.78 is 0. The zero-order chi connectivity index (χ0) is 9.68. The van der Waals surface area contributed by atoms with Gasteiger partial charge in [-0.1, -0.05) is 42.1 Å². The van der Waals surface area contributed by atoms with Gasteiger partial charge in [-0.15, -0.1) is 11.6 Å². The van der Waals surface area contributed by atoms with E-state index in [-0.39, 0.29) is 10.5 Å². The summed E-state index contributed by atoms with van der Waals surface area (Å²) in [5.41, 5.74) is 1.07. The molecule has 0 fully saturated rings. The van der Waals surface area contributed by atoms with Crippen LogP contribution in [0.2, 0.25) is 0 Å². The molecule has 0 unspecified atom stereocenters. The molecule has 1 aromatic carbocycles. The number of carbonyl (C=O) groups is 1. The second kappa shape index (κ2) is 5.30. The largest absolute Gasteiger partial charge is 0.288 e. The van der Waals surface area contributed by atoms with Crippen molar-refractivity contribution in [3.8, 4) is 0 Å². The summed E-state index contributed by atoms with van der Waals surface area (Å²) in [6, 6.07) is 9.79. The van der Waals surface area contributed by atoms with Crippen molar-refractivity contribution in [2.75, 3.05) is 5.75 Å². The number of rotatable bonds is 3. The average molecular weight is 215 g/mol. The average Bonchev–Trinajstić information content (AvgIpc) is 2.15. The smallest absolute Gasteiger partial charge is 0.185 e. The van der Waals surface area contributed by atoms with Gasteiger partial charge < -0.3 is 0 Å². The number of hydrogen-bond donors (Lipinski definition) is 0. The Morgan fingerprint density at radius 2 is 2.08 bits per heavy atom. The summed E-state index contributed by atoms with van der Waals surface area (Å²) in [6.07, 6.45) is 0. The minimum absolute atomic E-state index is 0.0740. The quantitative estimate of drug-likeness (QED) is 0.719. The third-order valence-corrected chi connectivity index (χ3v) is 3.09. The molecule has 0 aliphatic rings. The molecule has 0 radical (unpaired) electrons. The van der Waals surface area contributed by atoms with Gasteiger partial charge in [-0.25, -0.2) is 0 Å². The van der Waals surface area contributed by atoms with E-state index in [1.54, 1.807) is 6.92 Å². The normalized spacial score (nSPS) is 12.5. The van der Waals surface area contributed by atoms with Crippen LogP contribution in [0.4, 0.5) is 0 Å². The lowest BCUT2D eigenvalue weighted by molar-refractivity contribution is -0.109. The summed E-state index contributed by atoms with van der Waals surface area (Å²) in [7, 11) is 0. The monoisotopic (exact) mass is 214 g/mol. The van der Waals surface area contributed by atoms with Gasteiger partial charge in [0.05, 0.1) is 5.38 Å². The number of hydrogen-bond acceptors (Lipinski definition) is 2. The molecule has 1 nitrogen and oxygen atoms in total. The first-order chi connectivity index (χ1) is 6.20. The summed E-state index contributed by atoms with van der Waals surface area (Å²) >= 11 is 7.34. The zero-order valence-corrected chi connectivity index (χ0v) is 8.94. The third kappa shape index (κ3) is 3.83. The molecule has 13 heavy (non-hydrogen) atoms. The highest BCUT2D eigenvalue weighted by atomic mass is 35.5. The van der Waals surface area contributed by atoms with Crippen LogP contribution in [0.3, 0.4) is 0 Å². The van der Waals surface area contributed by atoms with Crippen LogP contribution in [0.5, 0.6) is 0 Å². The molecule has 0 aliphatic carbocycles. The van der Waals surface area contributed by atoms with Crippen molar-refractivity contribution in [1.82, 2.24) is 0 Å². The van der Waals surface area contributed by atoms with Gasteiger partial charge >= 0.3 is 0 Å². The first-order valence-electron chi connectivity index (χ1n) is 4.02. The van der Waals surface area contributed by atoms with Gasteiger partial charge in [0.15, 0.2) is 5.12 Å². The van der Waals surface area contributed by atoms with Gasteiger partial charge in [-0.05, 0) is 5.56 Å². The van der Waals surface area contributed by atoms with E-state index in [4.69, 9.17) is 11.6 Å². The molecule has 0 aromatic heterocycles. The van der Waals surface area contributed by atoms with Crippen molar-refractivity contribution in [3.63, 3.8) is 0 Å². The first-order valence-corrected chi connectivity index (χ1v) is 5.44. The molecule has 0 heterocycles. The van der Waals surface area contributed by atoms with Crippen molar-refractivity contribution in [3.05, 3.63) is 35.9 Å². The van der Waals surface area contributed by atoms with E-state index in [0.29, 0.717) is 5.75 Å². The van der Waals surface area contributed by atoms with Crippen molar-refractivity contribution in [2.45, 2.75) is 12.3 Å². The van der Waals surface area contributed by atoms with Crippen molar-refractivity contribution in [2.24, 2.45) is 0 Å². The highest BCUT2D eigenvalue weighted by molar-refractivity contribution is 8.13. The van der Waals surface area contributed by atoms with E-state index in [0.717, 1.165) is 5.56 Å². The number of benzene rings is 1. The molecular formula is C10H11ClOS. The Morgan fingerprint density at radius 3 is 2.62 bits per heavy atom. The van der Waals surface area contributed by atoms with Gasteiger partial charge in [-0.3, -0.25) is 4.79 Å². The van der Waals surface area contributed by atoms with E-state index in [2.05, 4.69) is 0 Å². The van der Waals surface area contributed by atoms with Crippen LogP contribution in [0.25, 0.3) is 0 Å². The van der Waals surface area contributed by atoms with Gasteiger partial charge in [0, 0.05) is 12.7 Å². The van der Waals surface area contributed by atoms with E-state index in [1.807, 2.05) is 30.3 Å². The molecule has 70 valence electrons.